The van der Waals surface area contributed by atoms with Crippen molar-refractivity contribution in [2.45, 2.75) is 11.9 Å². The Bertz CT molecular complexity index is 425. The number of hydrogen-bond acceptors (Lipinski definition) is 2. The standard InChI is InChI=1S/C10H8BrIOS/c11-4-7-2-9-6(1-8(7)5-13)3-10(12)14-9/h1-3,13H,4-5H2. The Morgan fingerprint density at radius 1 is 1.29 bits per heavy atom. The summed E-state index contributed by atoms with van der Waals surface area (Å²) < 4.78 is 2.58. The zero-order chi connectivity index (χ0) is 10.1. The zero-order valence-corrected chi connectivity index (χ0v) is 11.8. The van der Waals surface area contributed by atoms with Gasteiger partial charge in [0.1, 0.15) is 0 Å². The summed E-state index contributed by atoms with van der Waals surface area (Å²) in [6.07, 6.45) is 0. The molecule has 0 amide bonds. The highest BCUT2D eigenvalue weighted by Gasteiger charge is 2.05. The molecule has 0 aliphatic carbocycles. The van der Waals surface area contributed by atoms with Gasteiger partial charge in [0.15, 0.2) is 0 Å². The van der Waals surface area contributed by atoms with Crippen LogP contribution in [0, 0.1) is 2.88 Å². The molecule has 1 aromatic carbocycles. The molecule has 0 atom stereocenters. The molecule has 0 fully saturated rings. The lowest BCUT2D eigenvalue weighted by atomic mass is 10.1. The maximum atomic E-state index is 9.20. The van der Waals surface area contributed by atoms with Gasteiger partial charge in [-0.3, -0.25) is 0 Å². The fourth-order valence-corrected chi connectivity index (χ4v) is 3.82. The third kappa shape index (κ3) is 1.98. The summed E-state index contributed by atoms with van der Waals surface area (Å²) in [6.45, 7) is 0.114. The van der Waals surface area contributed by atoms with E-state index in [9.17, 15) is 5.11 Å². The molecule has 0 bridgehead atoms. The first-order chi connectivity index (χ1) is 6.74. The minimum absolute atomic E-state index is 0.114. The number of aliphatic hydroxyl groups excluding tert-OH is 1. The van der Waals surface area contributed by atoms with Gasteiger partial charge in [0.05, 0.1) is 9.49 Å². The second-order valence-corrected chi connectivity index (χ2v) is 6.54. The molecule has 0 spiro atoms. The van der Waals surface area contributed by atoms with E-state index < -0.39 is 0 Å². The number of benzene rings is 1. The minimum Gasteiger partial charge on any atom is -0.392 e. The smallest absolute Gasteiger partial charge is 0.0685 e. The van der Waals surface area contributed by atoms with Gasteiger partial charge in [-0.2, -0.15) is 0 Å². The zero-order valence-electron chi connectivity index (χ0n) is 7.26. The fraction of sp³-hybridized carbons (Fsp3) is 0.200. The Kier molecular flexibility index (Phi) is 3.46. The lowest BCUT2D eigenvalue weighted by Crippen LogP contribution is -1.89. The van der Waals surface area contributed by atoms with Gasteiger partial charge in [0.25, 0.3) is 0 Å². The second-order valence-electron chi connectivity index (χ2n) is 3.00. The summed E-state index contributed by atoms with van der Waals surface area (Å²) in [5.74, 6) is 0. The lowest BCUT2D eigenvalue weighted by molar-refractivity contribution is 0.281. The molecule has 0 radical (unpaired) electrons. The molecule has 1 nitrogen and oxygen atoms in total. The van der Waals surface area contributed by atoms with Crippen molar-refractivity contribution in [3.63, 3.8) is 0 Å². The van der Waals surface area contributed by atoms with Crippen molar-refractivity contribution < 1.29 is 5.11 Å². The van der Waals surface area contributed by atoms with Crippen LogP contribution in [0.3, 0.4) is 0 Å². The molecule has 2 aromatic rings. The van der Waals surface area contributed by atoms with Crippen LogP contribution in [0.5, 0.6) is 0 Å². The van der Waals surface area contributed by atoms with E-state index in [1.54, 1.807) is 11.3 Å². The number of hydrogen-bond donors (Lipinski definition) is 1. The van der Waals surface area contributed by atoms with E-state index in [0.717, 1.165) is 10.9 Å². The highest BCUT2D eigenvalue weighted by molar-refractivity contribution is 14.1. The van der Waals surface area contributed by atoms with E-state index in [0.29, 0.717) is 0 Å². The Morgan fingerprint density at radius 3 is 2.71 bits per heavy atom. The van der Waals surface area contributed by atoms with Gasteiger partial charge in [-0.25, -0.2) is 0 Å². The van der Waals surface area contributed by atoms with Gasteiger partial charge in [-0.1, -0.05) is 15.9 Å². The molecule has 14 heavy (non-hydrogen) atoms. The predicted molar refractivity (Wildman–Crippen MR) is 73.1 cm³/mol. The Balaban J connectivity index is 2.68. The van der Waals surface area contributed by atoms with Gasteiger partial charge >= 0.3 is 0 Å². The summed E-state index contributed by atoms with van der Waals surface area (Å²) in [4.78, 5) is 0. The van der Waals surface area contributed by atoms with Crippen molar-refractivity contribution in [2.75, 3.05) is 0 Å². The van der Waals surface area contributed by atoms with E-state index in [4.69, 9.17) is 0 Å². The van der Waals surface area contributed by atoms with Crippen molar-refractivity contribution in [2.24, 2.45) is 0 Å². The van der Waals surface area contributed by atoms with E-state index in [2.05, 4.69) is 56.7 Å². The van der Waals surface area contributed by atoms with E-state index in [-0.39, 0.29) is 6.61 Å². The number of rotatable bonds is 2. The van der Waals surface area contributed by atoms with Crippen molar-refractivity contribution in [3.05, 3.63) is 32.2 Å². The summed E-state index contributed by atoms with van der Waals surface area (Å²) in [7, 11) is 0. The largest absolute Gasteiger partial charge is 0.392 e. The Hall–Kier alpha value is 0.350. The van der Waals surface area contributed by atoms with E-state index >= 15 is 0 Å². The molecule has 0 saturated carbocycles. The quantitative estimate of drug-likeness (QED) is 0.617. The number of alkyl halides is 1. The van der Waals surface area contributed by atoms with Gasteiger partial charge in [-0.15, -0.1) is 11.3 Å². The molecule has 1 aromatic heterocycles. The number of thiophene rings is 1. The van der Waals surface area contributed by atoms with Gasteiger partial charge in [0.2, 0.25) is 0 Å². The van der Waals surface area contributed by atoms with Crippen LogP contribution >= 0.6 is 49.9 Å². The fourth-order valence-electron chi connectivity index (χ4n) is 1.42. The topological polar surface area (TPSA) is 20.2 Å². The number of fused-ring (bicyclic) bond motifs is 1. The first kappa shape index (κ1) is 10.9. The number of aliphatic hydroxyl groups is 1. The van der Waals surface area contributed by atoms with Crippen LogP contribution in [0.25, 0.3) is 10.1 Å². The highest BCUT2D eigenvalue weighted by Crippen LogP contribution is 2.30. The summed E-state index contributed by atoms with van der Waals surface area (Å²) in [5.41, 5.74) is 2.20. The SMILES string of the molecule is OCc1cc2cc(I)sc2cc1CBr. The first-order valence-corrected chi connectivity index (χ1v) is 7.14. The minimum atomic E-state index is 0.114. The second kappa shape index (κ2) is 4.47. The average Bonchev–Trinajstić information content (AvgIpc) is 2.54. The third-order valence-electron chi connectivity index (χ3n) is 2.12. The van der Waals surface area contributed by atoms with Crippen LogP contribution in [-0.2, 0) is 11.9 Å². The maximum absolute atomic E-state index is 9.20. The first-order valence-electron chi connectivity index (χ1n) is 4.12. The van der Waals surface area contributed by atoms with Crippen LogP contribution < -0.4 is 0 Å². The maximum Gasteiger partial charge on any atom is 0.0685 e. The molecular formula is C10H8BrIOS. The van der Waals surface area contributed by atoms with Crippen LogP contribution in [0.15, 0.2) is 18.2 Å². The molecule has 0 saturated heterocycles. The van der Waals surface area contributed by atoms with Crippen molar-refractivity contribution in [1.29, 1.82) is 0 Å². The van der Waals surface area contributed by atoms with Gasteiger partial charge in [0, 0.05) is 10.0 Å². The molecule has 74 valence electrons. The Labute approximate surface area is 108 Å². The molecule has 0 unspecified atom stereocenters. The lowest BCUT2D eigenvalue weighted by Gasteiger charge is -2.03. The molecular weight excluding hydrogens is 375 g/mol. The molecule has 2 rings (SSSR count). The Morgan fingerprint density at radius 2 is 2.07 bits per heavy atom. The summed E-state index contributed by atoms with van der Waals surface area (Å²) in [5, 5.41) is 11.2. The predicted octanol–water partition coefficient (Wildman–Crippen LogP) is 3.89. The van der Waals surface area contributed by atoms with E-state index in [1.165, 1.54) is 18.5 Å². The molecule has 4 heteroatoms. The van der Waals surface area contributed by atoms with Gasteiger partial charge in [-0.05, 0) is 57.3 Å². The molecule has 0 aliphatic heterocycles. The van der Waals surface area contributed by atoms with Crippen LogP contribution in [-0.4, -0.2) is 5.11 Å². The molecule has 1 N–H and O–H groups in total. The monoisotopic (exact) mass is 382 g/mol. The van der Waals surface area contributed by atoms with Crippen LogP contribution in [0.1, 0.15) is 11.1 Å². The van der Waals surface area contributed by atoms with Gasteiger partial charge < -0.3 is 5.11 Å². The molecule has 0 aliphatic rings. The number of halogens is 2. The van der Waals surface area contributed by atoms with Crippen molar-refractivity contribution in [3.8, 4) is 0 Å². The van der Waals surface area contributed by atoms with Crippen molar-refractivity contribution in [1.82, 2.24) is 0 Å². The van der Waals surface area contributed by atoms with Crippen LogP contribution in [0.2, 0.25) is 0 Å². The molecule has 1 heterocycles. The average molecular weight is 383 g/mol. The van der Waals surface area contributed by atoms with Crippen LogP contribution in [0.4, 0.5) is 0 Å². The summed E-state index contributed by atoms with van der Waals surface area (Å²) >= 11 is 7.54. The van der Waals surface area contributed by atoms with E-state index in [1.807, 2.05) is 0 Å². The summed E-state index contributed by atoms with van der Waals surface area (Å²) in [6, 6.07) is 6.38. The third-order valence-corrected chi connectivity index (χ3v) is 4.59. The van der Waals surface area contributed by atoms with Crippen molar-refractivity contribution >= 4 is 59.9 Å². The normalized spacial score (nSPS) is 11.1. The highest BCUT2D eigenvalue weighted by atomic mass is 127.